The van der Waals surface area contributed by atoms with E-state index >= 15 is 4.39 Å². The summed E-state index contributed by atoms with van der Waals surface area (Å²) in [5, 5.41) is 9.36. The van der Waals surface area contributed by atoms with Crippen molar-refractivity contribution in [3.63, 3.8) is 0 Å². The van der Waals surface area contributed by atoms with Crippen LogP contribution in [0, 0.1) is 30.0 Å². The van der Waals surface area contributed by atoms with Gasteiger partial charge in [0.2, 0.25) is 0 Å². The van der Waals surface area contributed by atoms with Crippen molar-refractivity contribution < 1.29 is 13.9 Å². The van der Waals surface area contributed by atoms with Crippen LogP contribution in [0.1, 0.15) is 29.7 Å². The molecule has 7 rings (SSSR count). The SMILES string of the molecule is COc1nc(C)c2nc(-c3cncc(C#N)c3)n(Cc3ccc(OC4CN5CCC4CC5)cc3F)c2n1. The number of halogens is 1. The second-order valence-corrected chi connectivity index (χ2v) is 9.61. The van der Waals surface area contributed by atoms with Crippen molar-refractivity contribution in [1.29, 1.82) is 5.26 Å². The van der Waals surface area contributed by atoms with Gasteiger partial charge in [-0.15, -0.1) is 0 Å². The van der Waals surface area contributed by atoms with E-state index in [-0.39, 0.29) is 24.5 Å². The van der Waals surface area contributed by atoms with Crippen LogP contribution >= 0.6 is 0 Å². The van der Waals surface area contributed by atoms with Gasteiger partial charge in [0.25, 0.3) is 0 Å². The Labute approximate surface area is 213 Å². The quantitative estimate of drug-likeness (QED) is 0.395. The van der Waals surface area contributed by atoms with Gasteiger partial charge in [-0.3, -0.25) is 9.88 Å². The number of imidazole rings is 1. The molecule has 37 heavy (non-hydrogen) atoms. The molecule has 0 aliphatic carbocycles. The van der Waals surface area contributed by atoms with E-state index in [1.54, 1.807) is 22.9 Å². The Morgan fingerprint density at radius 2 is 1.97 bits per heavy atom. The third-order valence-electron chi connectivity index (χ3n) is 7.29. The minimum atomic E-state index is -0.367. The Morgan fingerprint density at radius 1 is 1.14 bits per heavy atom. The minimum absolute atomic E-state index is 0.101. The Morgan fingerprint density at radius 3 is 2.68 bits per heavy atom. The lowest BCUT2D eigenvalue weighted by molar-refractivity contribution is -0.00789. The molecule has 6 heterocycles. The highest BCUT2D eigenvalue weighted by Gasteiger charge is 2.35. The normalized spacial score (nSPS) is 20.6. The fourth-order valence-electron chi connectivity index (χ4n) is 5.32. The van der Waals surface area contributed by atoms with Gasteiger partial charge in [0, 0.05) is 36.1 Å². The molecule has 1 unspecified atom stereocenters. The monoisotopic (exact) mass is 499 g/mol. The molecule has 3 fully saturated rings. The average molecular weight is 500 g/mol. The molecule has 3 aromatic heterocycles. The number of hydrogen-bond donors (Lipinski definition) is 0. The highest BCUT2D eigenvalue weighted by atomic mass is 19.1. The molecule has 10 heteroatoms. The highest BCUT2D eigenvalue weighted by molar-refractivity contribution is 5.79. The molecule has 9 nitrogen and oxygen atoms in total. The molecule has 188 valence electrons. The summed E-state index contributed by atoms with van der Waals surface area (Å²) in [5.41, 5.74) is 3.19. The zero-order valence-electron chi connectivity index (χ0n) is 20.7. The third-order valence-corrected chi connectivity index (χ3v) is 7.29. The van der Waals surface area contributed by atoms with Gasteiger partial charge >= 0.3 is 6.01 Å². The molecule has 0 spiro atoms. The first-order chi connectivity index (χ1) is 18.0. The number of ether oxygens (including phenoxy) is 2. The van der Waals surface area contributed by atoms with Crippen LogP contribution in [-0.2, 0) is 6.54 Å². The molecular weight excluding hydrogens is 473 g/mol. The van der Waals surface area contributed by atoms with Crippen molar-refractivity contribution in [3.8, 4) is 29.2 Å². The number of rotatable bonds is 6. The van der Waals surface area contributed by atoms with Gasteiger partial charge < -0.3 is 14.0 Å². The van der Waals surface area contributed by atoms with Gasteiger partial charge in [-0.2, -0.15) is 15.2 Å². The van der Waals surface area contributed by atoms with E-state index in [2.05, 4.69) is 25.9 Å². The maximum atomic E-state index is 15.4. The average Bonchev–Trinajstić information content (AvgIpc) is 3.29. The number of nitriles is 1. The largest absolute Gasteiger partial charge is 0.489 e. The van der Waals surface area contributed by atoms with E-state index in [9.17, 15) is 5.26 Å². The van der Waals surface area contributed by atoms with Crippen LogP contribution in [0.3, 0.4) is 0 Å². The second kappa shape index (κ2) is 9.41. The first-order valence-electron chi connectivity index (χ1n) is 12.3. The van der Waals surface area contributed by atoms with E-state index in [0.717, 1.165) is 32.5 Å². The molecule has 0 N–H and O–H groups in total. The van der Waals surface area contributed by atoms with Crippen LogP contribution < -0.4 is 9.47 Å². The minimum Gasteiger partial charge on any atom is -0.489 e. The van der Waals surface area contributed by atoms with Crippen molar-refractivity contribution in [2.75, 3.05) is 26.7 Å². The summed E-state index contributed by atoms with van der Waals surface area (Å²) in [5.74, 6) is 1.22. The van der Waals surface area contributed by atoms with E-state index in [1.165, 1.54) is 19.4 Å². The van der Waals surface area contributed by atoms with Crippen LogP contribution in [-0.4, -0.2) is 62.3 Å². The molecule has 2 bridgehead atoms. The standard InChI is InChI=1S/C27H26FN7O2/c1-16-24-26(33-27(31-16)36-2)35(25(32-24)20-9-17(11-29)12-30-13-20)14-19-3-4-21(10-22(19)28)37-23-15-34-7-5-18(23)6-8-34/h3-4,9-10,12-13,18,23H,5-8,14-15H2,1-2H3. The van der Waals surface area contributed by atoms with Gasteiger partial charge in [-0.1, -0.05) is 6.07 Å². The van der Waals surface area contributed by atoms with Gasteiger partial charge in [0.15, 0.2) is 5.65 Å². The lowest BCUT2D eigenvalue weighted by Crippen LogP contribution is -2.52. The number of nitrogens with zero attached hydrogens (tertiary/aromatic N) is 7. The lowest BCUT2D eigenvalue weighted by atomic mass is 9.86. The predicted molar refractivity (Wildman–Crippen MR) is 134 cm³/mol. The summed E-state index contributed by atoms with van der Waals surface area (Å²) in [6.45, 7) is 5.13. The van der Waals surface area contributed by atoms with Crippen LogP contribution in [0.25, 0.3) is 22.6 Å². The number of methoxy groups -OCH3 is 1. The van der Waals surface area contributed by atoms with Crippen LogP contribution in [0.5, 0.6) is 11.8 Å². The first kappa shape index (κ1) is 23.3. The second-order valence-electron chi connectivity index (χ2n) is 9.61. The predicted octanol–water partition coefficient (Wildman–Crippen LogP) is 3.74. The van der Waals surface area contributed by atoms with E-state index in [4.69, 9.17) is 14.5 Å². The number of pyridine rings is 1. The summed E-state index contributed by atoms with van der Waals surface area (Å²) < 4.78 is 28.7. The van der Waals surface area contributed by atoms with Gasteiger partial charge in [0.1, 0.15) is 35.1 Å². The van der Waals surface area contributed by atoms with Crippen molar-refractivity contribution >= 4 is 11.2 Å². The Hall–Kier alpha value is -4.10. The number of aryl methyl sites for hydroxylation is 1. The maximum absolute atomic E-state index is 15.4. The number of benzene rings is 1. The zero-order valence-corrected chi connectivity index (χ0v) is 20.7. The number of piperidine rings is 3. The van der Waals surface area contributed by atoms with Gasteiger partial charge in [-0.25, -0.2) is 9.37 Å². The smallest absolute Gasteiger partial charge is 0.318 e. The molecule has 3 aliphatic rings. The Balaban J connectivity index is 1.37. The van der Waals surface area contributed by atoms with E-state index < -0.39 is 0 Å². The molecule has 3 saturated heterocycles. The van der Waals surface area contributed by atoms with Crippen molar-refractivity contribution in [3.05, 3.63) is 59.3 Å². The van der Waals surface area contributed by atoms with Crippen LogP contribution in [0.2, 0.25) is 0 Å². The molecular formula is C27H26FN7O2. The van der Waals surface area contributed by atoms with Gasteiger partial charge in [0.05, 0.1) is 24.9 Å². The summed E-state index contributed by atoms with van der Waals surface area (Å²) in [7, 11) is 1.50. The fourth-order valence-corrected chi connectivity index (χ4v) is 5.32. The molecule has 0 saturated carbocycles. The van der Waals surface area contributed by atoms with Crippen LogP contribution in [0.4, 0.5) is 4.39 Å². The van der Waals surface area contributed by atoms with Crippen molar-refractivity contribution in [1.82, 2.24) is 29.4 Å². The summed E-state index contributed by atoms with van der Waals surface area (Å²) in [6, 6.07) is 9.04. The number of aromatic nitrogens is 5. The van der Waals surface area contributed by atoms with Crippen molar-refractivity contribution in [2.24, 2.45) is 5.92 Å². The van der Waals surface area contributed by atoms with E-state index in [0.29, 0.717) is 51.0 Å². The zero-order chi connectivity index (χ0) is 25.5. The first-order valence-corrected chi connectivity index (χ1v) is 12.3. The maximum Gasteiger partial charge on any atom is 0.318 e. The molecule has 1 atom stereocenters. The topological polar surface area (TPSA) is 102 Å². The molecule has 1 aromatic carbocycles. The highest BCUT2D eigenvalue weighted by Crippen LogP contribution is 2.32. The molecule has 3 aliphatic heterocycles. The third kappa shape index (κ3) is 4.36. The summed E-state index contributed by atoms with van der Waals surface area (Å²) in [6.07, 6.45) is 5.48. The molecule has 4 aromatic rings. The summed E-state index contributed by atoms with van der Waals surface area (Å²) >= 11 is 0. The molecule has 0 amide bonds. The van der Waals surface area contributed by atoms with Crippen LogP contribution in [0.15, 0.2) is 36.7 Å². The van der Waals surface area contributed by atoms with E-state index in [1.807, 2.05) is 13.0 Å². The Kier molecular flexibility index (Phi) is 5.93. The number of hydrogen-bond acceptors (Lipinski definition) is 8. The summed E-state index contributed by atoms with van der Waals surface area (Å²) in [4.78, 5) is 20.2. The number of fused-ring (bicyclic) bond motifs is 4. The Bertz CT molecular complexity index is 1520. The van der Waals surface area contributed by atoms with Crippen molar-refractivity contribution in [2.45, 2.75) is 32.4 Å². The van der Waals surface area contributed by atoms with Gasteiger partial charge in [-0.05, 0) is 50.9 Å². The fraction of sp³-hybridized carbons (Fsp3) is 0.370. The molecule has 0 radical (unpaired) electrons. The lowest BCUT2D eigenvalue weighted by Gasteiger charge is -2.44.